The number of amides is 2. The Labute approximate surface area is 106 Å². The second-order valence-corrected chi connectivity index (χ2v) is 5.01. The van der Waals surface area contributed by atoms with Gasteiger partial charge in [0.05, 0.1) is 19.2 Å². The zero-order valence-corrected chi connectivity index (χ0v) is 10.7. The summed E-state index contributed by atoms with van der Waals surface area (Å²) in [5.74, 6) is 0.140. The molecule has 1 atom stereocenters. The van der Waals surface area contributed by atoms with E-state index in [1.807, 2.05) is 11.8 Å². The first-order valence-electron chi connectivity index (χ1n) is 6.45. The molecule has 2 amide bonds. The molecule has 18 heavy (non-hydrogen) atoms. The lowest BCUT2D eigenvalue weighted by Crippen LogP contribution is -2.44. The molecule has 0 aromatic heterocycles. The highest BCUT2D eigenvalue weighted by molar-refractivity contribution is 5.94. The number of aliphatic hydroxyl groups excluding tert-OH is 1. The SMILES string of the molecule is CC(O)C1CCN(CC(=O)N2CCOC2=O)CC1. The average Bonchev–Trinajstić information content (AvgIpc) is 2.76. The maximum Gasteiger partial charge on any atom is 0.416 e. The van der Waals surface area contributed by atoms with Crippen LogP contribution in [0, 0.1) is 5.92 Å². The fraction of sp³-hybridized carbons (Fsp3) is 0.833. The van der Waals surface area contributed by atoms with Crippen LogP contribution in [-0.2, 0) is 9.53 Å². The molecule has 0 spiro atoms. The van der Waals surface area contributed by atoms with Gasteiger partial charge in [0.2, 0.25) is 5.91 Å². The Morgan fingerprint density at radius 3 is 2.61 bits per heavy atom. The average molecular weight is 256 g/mol. The van der Waals surface area contributed by atoms with Crippen LogP contribution in [-0.4, -0.2) is 65.8 Å². The van der Waals surface area contributed by atoms with Crippen molar-refractivity contribution in [3.63, 3.8) is 0 Å². The van der Waals surface area contributed by atoms with E-state index in [2.05, 4.69) is 0 Å². The third-order valence-corrected chi connectivity index (χ3v) is 3.74. The summed E-state index contributed by atoms with van der Waals surface area (Å²) in [4.78, 5) is 26.3. The number of cyclic esters (lactones) is 1. The molecule has 6 nitrogen and oxygen atoms in total. The highest BCUT2D eigenvalue weighted by atomic mass is 16.6. The lowest BCUT2D eigenvalue weighted by atomic mass is 9.92. The zero-order chi connectivity index (χ0) is 13.1. The molecule has 0 aromatic rings. The summed E-state index contributed by atoms with van der Waals surface area (Å²) in [7, 11) is 0. The van der Waals surface area contributed by atoms with Gasteiger partial charge in [0, 0.05) is 0 Å². The summed E-state index contributed by atoms with van der Waals surface area (Å²) >= 11 is 0. The number of nitrogens with zero attached hydrogens (tertiary/aromatic N) is 2. The first-order chi connectivity index (χ1) is 8.58. The van der Waals surface area contributed by atoms with Crippen LogP contribution >= 0.6 is 0 Å². The van der Waals surface area contributed by atoms with Gasteiger partial charge >= 0.3 is 6.09 Å². The number of ether oxygens (including phenoxy) is 1. The molecule has 2 rings (SSSR count). The number of aliphatic hydroxyl groups is 1. The van der Waals surface area contributed by atoms with E-state index in [0.29, 0.717) is 19.1 Å². The molecule has 0 bridgehead atoms. The van der Waals surface area contributed by atoms with Crippen molar-refractivity contribution in [1.82, 2.24) is 9.80 Å². The Kier molecular flexibility index (Phi) is 4.19. The van der Waals surface area contributed by atoms with Gasteiger partial charge < -0.3 is 9.84 Å². The number of carbonyl (C=O) groups is 2. The summed E-state index contributed by atoms with van der Waals surface area (Å²) in [6, 6.07) is 0. The minimum absolute atomic E-state index is 0.187. The van der Waals surface area contributed by atoms with E-state index in [9.17, 15) is 14.7 Å². The molecule has 0 aromatic carbocycles. The molecule has 1 N–H and O–H groups in total. The largest absolute Gasteiger partial charge is 0.447 e. The molecule has 0 aliphatic carbocycles. The molecule has 0 radical (unpaired) electrons. The van der Waals surface area contributed by atoms with E-state index in [1.165, 1.54) is 4.90 Å². The van der Waals surface area contributed by atoms with E-state index in [-0.39, 0.29) is 18.6 Å². The summed E-state index contributed by atoms with van der Waals surface area (Å²) in [6.07, 6.45) is 0.986. The highest BCUT2D eigenvalue weighted by Gasteiger charge is 2.30. The minimum atomic E-state index is -0.529. The van der Waals surface area contributed by atoms with E-state index in [1.54, 1.807) is 0 Å². The van der Waals surface area contributed by atoms with Crippen LogP contribution < -0.4 is 0 Å². The lowest BCUT2D eigenvalue weighted by Gasteiger charge is -2.33. The maximum absolute atomic E-state index is 11.9. The van der Waals surface area contributed by atoms with Crippen molar-refractivity contribution in [2.45, 2.75) is 25.9 Å². The van der Waals surface area contributed by atoms with Gasteiger partial charge in [0.15, 0.2) is 0 Å². The summed E-state index contributed by atoms with van der Waals surface area (Å²) in [6.45, 7) is 4.33. The Bertz CT molecular complexity index is 324. The third-order valence-electron chi connectivity index (χ3n) is 3.74. The molecule has 102 valence electrons. The molecule has 2 aliphatic rings. The van der Waals surface area contributed by atoms with Gasteiger partial charge in [-0.25, -0.2) is 9.69 Å². The predicted molar refractivity (Wildman–Crippen MR) is 63.9 cm³/mol. The summed E-state index contributed by atoms with van der Waals surface area (Å²) in [5.41, 5.74) is 0. The molecular weight excluding hydrogens is 236 g/mol. The minimum Gasteiger partial charge on any atom is -0.447 e. The normalized spacial score (nSPS) is 24.1. The Morgan fingerprint density at radius 2 is 2.11 bits per heavy atom. The monoisotopic (exact) mass is 256 g/mol. The first kappa shape index (κ1) is 13.3. The number of imide groups is 1. The zero-order valence-electron chi connectivity index (χ0n) is 10.7. The van der Waals surface area contributed by atoms with E-state index >= 15 is 0 Å². The van der Waals surface area contributed by atoms with Crippen molar-refractivity contribution in [3.05, 3.63) is 0 Å². The lowest BCUT2D eigenvalue weighted by molar-refractivity contribution is -0.129. The Balaban J connectivity index is 1.77. The van der Waals surface area contributed by atoms with Crippen LogP contribution in [0.15, 0.2) is 0 Å². The van der Waals surface area contributed by atoms with E-state index < -0.39 is 6.09 Å². The number of piperidine rings is 1. The predicted octanol–water partition coefficient (Wildman–Crippen LogP) is 0.0580. The van der Waals surface area contributed by atoms with Gasteiger partial charge in [-0.15, -0.1) is 0 Å². The van der Waals surface area contributed by atoms with Gasteiger partial charge in [-0.05, 0) is 38.8 Å². The van der Waals surface area contributed by atoms with Gasteiger partial charge in [0.25, 0.3) is 0 Å². The number of likely N-dealkylation sites (tertiary alicyclic amines) is 1. The van der Waals surface area contributed by atoms with Crippen LogP contribution in [0.4, 0.5) is 4.79 Å². The molecule has 6 heteroatoms. The third kappa shape index (κ3) is 3.00. The Hall–Kier alpha value is -1.14. The van der Waals surface area contributed by atoms with Crippen molar-refractivity contribution in [2.75, 3.05) is 32.8 Å². The van der Waals surface area contributed by atoms with Crippen molar-refractivity contribution in [2.24, 2.45) is 5.92 Å². The van der Waals surface area contributed by atoms with Crippen molar-refractivity contribution in [3.8, 4) is 0 Å². The fourth-order valence-corrected chi connectivity index (χ4v) is 2.49. The van der Waals surface area contributed by atoms with Crippen LogP contribution in [0.25, 0.3) is 0 Å². The number of carbonyl (C=O) groups excluding carboxylic acids is 2. The number of hydrogen-bond acceptors (Lipinski definition) is 5. The van der Waals surface area contributed by atoms with Gasteiger partial charge in [-0.3, -0.25) is 9.69 Å². The standard InChI is InChI=1S/C12H20N2O4/c1-9(15)10-2-4-13(5-3-10)8-11(16)14-6-7-18-12(14)17/h9-10,15H,2-8H2,1H3. The van der Waals surface area contributed by atoms with Crippen LogP contribution in [0.3, 0.4) is 0 Å². The molecule has 1 unspecified atom stereocenters. The number of hydrogen-bond donors (Lipinski definition) is 1. The van der Waals surface area contributed by atoms with Gasteiger partial charge in [-0.1, -0.05) is 0 Å². The van der Waals surface area contributed by atoms with Gasteiger partial charge in [0.1, 0.15) is 6.61 Å². The van der Waals surface area contributed by atoms with Crippen LogP contribution in [0.2, 0.25) is 0 Å². The fourth-order valence-electron chi connectivity index (χ4n) is 2.49. The molecule has 2 heterocycles. The second-order valence-electron chi connectivity index (χ2n) is 5.01. The molecule has 2 fully saturated rings. The molecule has 0 saturated carbocycles. The molecular formula is C12H20N2O4. The smallest absolute Gasteiger partial charge is 0.416 e. The molecule has 2 aliphatic heterocycles. The van der Waals surface area contributed by atoms with Crippen molar-refractivity contribution < 1.29 is 19.4 Å². The summed E-state index contributed by atoms with van der Waals surface area (Å²) in [5, 5.41) is 9.50. The second kappa shape index (κ2) is 5.67. The van der Waals surface area contributed by atoms with Crippen LogP contribution in [0.5, 0.6) is 0 Å². The first-order valence-corrected chi connectivity index (χ1v) is 6.45. The molecule has 2 saturated heterocycles. The maximum atomic E-state index is 11.9. The van der Waals surface area contributed by atoms with Crippen molar-refractivity contribution in [1.29, 1.82) is 0 Å². The van der Waals surface area contributed by atoms with E-state index in [0.717, 1.165) is 25.9 Å². The van der Waals surface area contributed by atoms with E-state index in [4.69, 9.17) is 4.74 Å². The number of rotatable bonds is 3. The Morgan fingerprint density at radius 1 is 1.44 bits per heavy atom. The summed E-state index contributed by atoms with van der Waals surface area (Å²) < 4.78 is 4.74. The topological polar surface area (TPSA) is 70.1 Å². The van der Waals surface area contributed by atoms with Gasteiger partial charge in [-0.2, -0.15) is 0 Å². The highest BCUT2D eigenvalue weighted by Crippen LogP contribution is 2.20. The quantitative estimate of drug-likeness (QED) is 0.773. The van der Waals surface area contributed by atoms with Crippen molar-refractivity contribution >= 4 is 12.0 Å². The van der Waals surface area contributed by atoms with Crippen LogP contribution in [0.1, 0.15) is 19.8 Å².